The number of rotatable bonds is 5. The first-order valence-corrected chi connectivity index (χ1v) is 9.09. The van der Waals surface area contributed by atoms with Crippen LogP contribution in [0.1, 0.15) is 17.9 Å². The van der Waals surface area contributed by atoms with E-state index in [1.807, 2.05) is 79.3 Å². The number of carbonyl (C=O) groups is 1. The van der Waals surface area contributed by atoms with E-state index in [1.54, 1.807) is 11.8 Å². The van der Waals surface area contributed by atoms with Gasteiger partial charge in [0, 0.05) is 25.5 Å². The number of ether oxygens (including phenoxy) is 1. The zero-order valence-electron chi connectivity index (χ0n) is 14.2. The Kier molecular flexibility index (Phi) is 5.00. The molecule has 0 spiro atoms. The molecule has 0 saturated carbocycles. The third-order valence-electron chi connectivity index (χ3n) is 3.99. The average molecular weight is 342 g/mol. The summed E-state index contributed by atoms with van der Waals surface area (Å²) in [6, 6.07) is 16.1. The molecule has 1 unspecified atom stereocenters. The molecule has 0 radical (unpaired) electrons. The Morgan fingerprint density at radius 1 is 1.12 bits per heavy atom. The zero-order valence-corrected chi connectivity index (χ0v) is 15.0. The molecule has 1 amide bonds. The summed E-state index contributed by atoms with van der Waals surface area (Å²) in [5.41, 5.74) is 3.18. The smallest absolute Gasteiger partial charge is 0.238 e. The number of benzene rings is 2. The first-order valence-electron chi connectivity index (χ1n) is 8.04. The van der Waals surface area contributed by atoms with Crippen molar-refractivity contribution in [3.8, 4) is 5.75 Å². The molecule has 0 N–H and O–H groups in total. The van der Waals surface area contributed by atoms with Crippen molar-refractivity contribution < 1.29 is 9.53 Å². The topological polar surface area (TPSA) is 32.8 Å². The Balaban J connectivity index is 1.86. The van der Waals surface area contributed by atoms with Gasteiger partial charge in [-0.15, -0.1) is 11.8 Å². The summed E-state index contributed by atoms with van der Waals surface area (Å²) < 4.78 is 5.50. The molecule has 4 nitrogen and oxygen atoms in total. The molecule has 1 aliphatic rings. The largest absolute Gasteiger partial charge is 0.494 e. The second-order valence-electron chi connectivity index (χ2n) is 5.84. The molecule has 5 heteroatoms. The van der Waals surface area contributed by atoms with Crippen LogP contribution < -0.4 is 14.5 Å². The molecule has 1 saturated heterocycles. The Labute approximate surface area is 147 Å². The van der Waals surface area contributed by atoms with Crippen LogP contribution in [0, 0.1) is 0 Å². The number of carbonyl (C=O) groups excluding carboxylic acids is 1. The van der Waals surface area contributed by atoms with E-state index in [9.17, 15) is 4.79 Å². The second-order valence-corrected chi connectivity index (χ2v) is 6.91. The van der Waals surface area contributed by atoms with Gasteiger partial charge in [0.1, 0.15) is 11.1 Å². The van der Waals surface area contributed by atoms with Crippen LogP contribution in [-0.4, -0.2) is 32.4 Å². The molecule has 0 aromatic heterocycles. The van der Waals surface area contributed by atoms with Crippen LogP contribution in [0.3, 0.4) is 0 Å². The van der Waals surface area contributed by atoms with Gasteiger partial charge in [0.2, 0.25) is 5.91 Å². The summed E-state index contributed by atoms with van der Waals surface area (Å²) in [6.45, 7) is 2.62. The molecule has 2 aromatic carbocycles. The number of amides is 1. The molecular weight excluding hydrogens is 320 g/mol. The van der Waals surface area contributed by atoms with Gasteiger partial charge in [-0.3, -0.25) is 9.69 Å². The second kappa shape index (κ2) is 7.18. The van der Waals surface area contributed by atoms with E-state index < -0.39 is 0 Å². The highest BCUT2D eigenvalue weighted by Crippen LogP contribution is 2.42. The lowest BCUT2D eigenvalue weighted by Crippen LogP contribution is -2.27. The molecule has 0 aliphatic carbocycles. The van der Waals surface area contributed by atoms with Gasteiger partial charge in [0.25, 0.3) is 0 Å². The number of hydrogen-bond acceptors (Lipinski definition) is 4. The van der Waals surface area contributed by atoms with E-state index in [4.69, 9.17) is 4.74 Å². The average Bonchev–Trinajstić information content (AvgIpc) is 2.97. The standard InChI is InChI=1S/C19H22N2O2S/c1-4-23-17-11-5-14(6-12-17)19-21(18(22)13-24-19)16-9-7-15(8-10-16)20(2)3/h5-12,19H,4,13H2,1-3H3. The predicted octanol–water partition coefficient (Wildman–Crippen LogP) is 3.93. The van der Waals surface area contributed by atoms with E-state index in [0.29, 0.717) is 12.4 Å². The van der Waals surface area contributed by atoms with Crippen LogP contribution in [0.25, 0.3) is 0 Å². The van der Waals surface area contributed by atoms with Crippen molar-refractivity contribution in [2.75, 3.05) is 36.3 Å². The number of anilines is 2. The Bertz CT molecular complexity index is 698. The number of hydrogen-bond donors (Lipinski definition) is 0. The minimum Gasteiger partial charge on any atom is -0.494 e. The van der Waals surface area contributed by atoms with Crippen molar-refractivity contribution in [3.05, 3.63) is 54.1 Å². The predicted molar refractivity (Wildman–Crippen MR) is 101 cm³/mol. The van der Waals surface area contributed by atoms with E-state index in [-0.39, 0.29) is 11.3 Å². The van der Waals surface area contributed by atoms with E-state index in [2.05, 4.69) is 0 Å². The van der Waals surface area contributed by atoms with Crippen molar-refractivity contribution in [1.29, 1.82) is 0 Å². The Morgan fingerprint density at radius 2 is 1.79 bits per heavy atom. The van der Waals surface area contributed by atoms with E-state index in [1.165, 1.54) is 0 Å². The molecule has 1 aliphatic heterocycles. The summed E-state index contributed by atoms with van der Waals surface area (Å²) in [5.74, 6) is 1.52. The maximum absolute atomic E-state index is 12.4. The van der Waals surface area contributed by atoms with Crippen molar-refractivity contribution in [2.24, 2.45) is 0 Å². The fourth-order valence-electron chi connectivity index (χ4n) is 2.76. The van der Waals surface area contributed by atoms with Crippen LogP contribution in [0.4, 0.5) is 11.4 Å². The highest BCUT2D eigenvalue weighted by Gasteiger charge is 2.33. The minimum atomic E-state index is 0.0124. The van der Waals surface area contributed by atoms with Crippen LogP contribution in [-0.2, 0) is 4.79 Å². The van der Waals surface area contributed by atoms with Gasteiger partial charge in [0.05, 0.1) is 12.4 Å². The molecule has 24 heavy (non-hydrogen) atoms. The number of nitrogens with zero attached hydrogens (tertiary/aromatic N) is 2. The van der Waals surface area contributed by atoms with Gasteiger partial charge in [-0.2, -0.15) is 0 Å². The SMILES string of the molecule is CCOc1ccc(C2SCC(=O)N2c2ccc(N(C)C)cc2)cc1. The lowest BCUT2D eigenvalue weighted by Gasteiger charge is -2.25. The van der Waals surface area contributed by atoms with Crippen molar-refractivity contribution in [2.45, 2.75) is 12.3 Å². The van der Waals surface area contributed by atoms with E-state index in [0.717, 1.165) is 22.7 Å². The van der Waals surface area contributed by atoms with Gasteiger partial charge in [-0.05, 0) is 48.9 Å². The van der Waals surface area contributed by atoms with Crippen LogP contribution in [0.5, 0.6) is 5.75 Å². The molecule has 2 aromatic rings. The van der Waals surface area contributed by atoms with Gasteiger partial charge < -0.3 is 9.64 Å². The molecule has 0 bridgehead atoms. The van der Waals surface area contributed by atoms with Crippen LogP contribution in [0.15, 0.2) is 48.5 Å². The molecule has 1 fully saturated rings. The number of thioether (sulfide) groups is 1. The summed E-state index contributed by atoms with van der Waals surface area (Å²) in [4.78, 5) is 16.4. The normalized spacial score (nSPS) is 17.2. The van der Waals surface area contributed by atoms with Crippen molar-refractivity contribution in [1.82, 2.24) is 0 Å². The molecule has 1 heterocycles. The molecule has 1 atom stereocenters. The van der Waals surface area contributed by atoms with Crippen molar-refractivity contribution in [3.63, 3.8) is 0 Å². The Morgan fingerprint density at radius 3 is 2.38 bits per heavy atom. The monoisotopic (exact) mass is 342 g/mol. The third kappa shape index (κ3) is 3.36. The summed E-state index contributed by atoms with van der Waals surface area (Å²) >= 11 is 1.66. The van der Waals surface area contributed by atoms with Gasteiger partial charge in [0.15, 0.2) is 0 Å². The summed E-state index contributed by atoms with van der Waals surface area (Å²) in [6.07, 6.45) is 0. The highest BCUT2D eigenvalue weighted by atomic mass is 32.2. The fourth-order valence-corrected chi connectivity index (χ4v) is 3.93. The van der Waals surface area contributed by atoms with Crippen LogP contribution >= 0.6 is 11.8 Å². The molecule has 3 rings (SSSR count). The van der Waals surface area contributed by atoms with E-state index >= 15 is 0 Å². The van der Waals surface area contributed by atoms with Gasteiger partial charge in [-0.25, -0.2) is 0 Å². The third-order valence-corrected chi connectivity index (χ3v) is 5.20. The lowest BCUT2D eigenvalue weighted by molar-refractivity contribution is -0.115. The maximum atomic E-state index is 12.4. The summed E-state index contributed by atoms with van der Waals surface area (Å²) in [7, 11) is 4.02. The van der Waals surface area contributed by atoms with Crippen LogP contribution in [0.2, 0.25) is 0 Å². The van der Waals surface area contributed by atoms with Crippen molar-refractivity contribution >= 4 is 29.0 Å². The zero-order chi connectivity index (χ0) is 17.1. The molecule has 126 valence electrons. The summed E-state index contributed by atoms with van der Waals surface area (Å²) in [5, 5.41) is 0.0124. The fraction of sp³-hybridized carbons (Fsp3) is 0.316. The first-order chi connectivity index (χ1) is 11.6. The van der Waals surface area contributed by atoms with Gasteiger partial charge in [-0.1, -0.05) is 12.1 Å². The quantitative estimate of drug-likeness (QED) is 0.824. The highest BCUT2D eigenvalue weighted by molar-refractivity contribution is 8.00. The Hall–Kier alpha value is -2.14. The first kappa shape index (κ1) is 16.7. The maximum Gasteiger partial charge on any atom is 0.238 e. The lowest BCUT2D eigenvalue weighted by atomic mass is 10.1. The minimum absolute atomic E-state index is 0.0124. The molecular formula is C19H22N2O2S. The van der Waals surface area contributed by atoms with Gasteiger partial charge >= 0.3 is 0 Å².